The predicted octanol–water partition coefficient (Wildman–Crippen LogP) is 2.48. The van der Waals surface area contributed by atoms with E-state index in [0.29, 0.717) is 0 Å². The minimum atomic E-state index is -0.205. The smallest absolute Gasteiger partial charge is 0.302 e. The molecule has 2 nitrogen and oxygen atoms in total. The standard InChI is InChI=1S/C12H13BrO2/c1-8(14)15-12-7-10-5-3-2-4-9(10)6-11(12)13/h2-5,11-12H,6-7H2,1H3/t11-,12-/m0/s1. The molecule has 1 aliphatic rings. The second kappa shape index (κ2) is 4.35. The van der Waals surface area contributed by atoms with Gasteiger partial charge in [0.2, 0.25) is 0 Å². The van der Waals surface area contributed by atoms with Gasteiger partial charge in [0.15, 0.2) is 0 Å². The maximum absolute atomic E-state index is 10.9. The molecule has 2 atom stereocenters. The molecular formula is C12H13BrO2. The van der Waals surface area contributed by atoms with Gasteiger partial charge in [0.1, 0.15) is 6.10 Å². The fourth-order valence-electron chi connectivity index (χ4n) is 1.97. The Hall–Kier alpha value is -0.830. The van der Waals surface area contributed by atoms with Gasteiger partial charge in [-0.1, -0.05) is 40.2 Å². The van der Waals surface area contributed by atoms with Crippen molar-refractivity contribution in [2.24, 2.45) is 0 Å². The van der Waals surface area contributed by atoms with Crippen LogP contribution in [0, 0.1) is 0 Å². The Labute approximate surface area is 97.8 Å². The Balaban J connectivity index is 2.18. The van der Waals surface area contributed by atoms with Crippen LogP contribution in [-0.4, -0.2) is 16.9 Å². The summed E-state index contributed by atoms with van der Waals surface area (Å²) in [5.74, 6) is -0.205. The first kappa shape index (κ1) is 10.7. The molecule has 0 heterocycles. The minimum absolute atomic E-state index is 0.0302. The van der Waals surface area contributed by atoms with E-state index >= 15 is 0 Å². The van der Waals surface area contributed by atoms with E-state index in [1.165, 1.54) is 18.1 Å². The van der Waals surface area contributed by atoms with Crippen LogP contribution in [-0.2, 0) is 22.4 Å². The number of esters is 1. The normalized spacial score (nSPS) is 24.4. The van der Waals surface area contributed by atoms with E-state index in [2.05, 4.69) is 28.1 Å². The highest BCUT2D eigenvalue weighted by atomic mass is 79.9. The molecule has 0 N–H and O–H groups in total. The van der Waals surface area contributed by atoms with Crippen LogP contribution in [0.5, 0.6) is 0 Å². The third-order valence-corrected chi connectivity index (χ3v) is 3.59. The molecule has 0 radical (unpaired) electrons. The number of fused-ring (bicyclic) bond motifs is 1. The molecule has 0 aromatic heterocycles. The highest BCUT2D eigenvalue weighted by Crippen LogP contribution is 2.27. The lowest BCUT2D eigenvalue weighted by molar-refractivity contribution is -0.146. The van der Waals surface area contributed by atoms with E-state index in [4.69, 9.17) is 4.74 Å². The van der Waals surface area contributed by atoms with E-state index in [9.17, 15) is 4.79 Å². The number of hydrogen-bond donors (Lipinski definition) is 0. The van der Waals surface area contributed by atoms with E-state index in [0.717, 1.165) is 12.8 Å². The number of alkyl halides is 1. The zero-order valence-electron chi connectivity index (χ0n) is 8.57. The van der Waals surface area contributed by atoms with Gasteiger partial charge in [-0.25, -0.2) is 0 Å². The minimum Gasteiger partial charge on any atom is -0.461 e. The van der Waals surface area contributed by atoms with Crippen molar-refractivity contribution in [2.45, 2.75) is 30.7 Å². The molecule has 15 heavy (non-hydrogen) atoms. The quantitative estimate of drug-likeness (QED) is 0.578. The molecule has 1 aromatic carbocycles. The Morgan fingerprint density at radius 2 is 1.93 bits per heavy atom. The van der Waals surface area contributed by atoms with Crippen molar-refractivity contribution in [2.75, 3.05) is 0 Å². The lowest BCUT2D eigenvalue weighted by Gasteiger charge is -2.28. The Morgan fingerprint density at radius 3 is 2.53 bits per heavy atom. The zero-order chi connectivity index (χ0) is 10.8. The van der Waals surface area contributed by atoms with Crippen molar-refractivity contribution < 1.29 is 9.53 Å². The highest BCUT2D eigenvalue weighted by Gasteiger charge is 2.28. The average molecular weight is 269 g/mol. The van der Waals surface area contributed by atoms with Gasteiger partial charge in [-0.2, -0.15) is 0 Å². The van der Waals surface area contributed by atoms with Gasteiger partial charge in [-0.15, -0.1) is 0 Å². The number of ether oxygens (including phenoxy) is 1. The first-order chi connectivity index (χ1) is 7.16. The topological polar surface area (TPSA) is 26.3 Å². The van der Waals surface area contributed by atoms with Gasteiger partial charge in [-0.05, 0) is 17.5 Å². The Kier molecular flexibility index (Phi) is 3.10. The summed E-state index contributed by atoms with van der Waals surface area (Å²) in [4.78, 5) is 11.2. The zero-order valence-corrected chi connectivity index (χ0v) is 10.2. The lowest BCUT2D eigenvalue weighted by atomic mass is 9.90. The molecule has 0 spiro atoms. The highest BCUT2D eigenvalue weighted by molar-refractivity contribution is 9.09. The van der Waals surface area contributed by atoms with Crippen molar-refractivity contribution in [3.8, 4) is 0 Å². The second-order valence-electron chi connectivity index (χ2n) is 3.84. The molecule has 0 saturated heterocycles. The van der Waals surface area contributed by atoms with Crippen LogP contribution < -0.4 is 0 Å². The molecule has 2 rings (SSSR count). The first-order valence-electron chi connectivity index (χ1n) is 5.05. The largest absolute Gasteiger partial charge is 0.461 e. The van der Waals surface area contributed by atoms with Gasteiger partial charge in [0, 0.05) is 13.3 Å². The van der Waals surface area contributed by atoms with Crippen molar-refractivity contribution in [3.63, 3.8) is 0 Å². The van der Waals surface area contributed by atoms with E-state index in [1.54, 1.807) is 0 Å². The van der Waals surface area contributed by atoms with Gasteiger partial charge >= 0.3 is 5.97 Å². The number of carbonyl (C=O) groups excluding carboxylic acids is 1. The van der Waals surface area contributed by atoms with Crippen LogP contribution >= 0.6 is 15.9 Å². The summed E-state index contributed by atoms with van der Waals surface area (Å²) in [6, 6.07) is 8.31. The SMILES string of the molecule is CC(=O)O[C@H]1Cc2ccccc2C[C@@H]1Br. The molecule has 0 unspecified atom stereocenters. The van der Waals surface area contributed by atoms with Crippen LogP contribution in [0.2, 0.25) is 0 Å². The number of halogens is 1. The number of hydrogen-bond acceptors (Lipinski definition) is 2. The molecule has 0 amide bonds. The van der Waals surface area contributed by atoms with Gasteiger partial charge in [-0.3, -0.25) is 4.79 Å². The Bertz CT molecular complexity index is 376. The molecule has 0 bridgehead atoms. The van der Waals surface area contributed by atoms with Crippen LogP contribution in [0.25, 0.3) is 0 Å². The monoisotopic (exact) mass is 268 g/mol. The van der Waals surface area contributed by atoms with Crippen molar-refractivity contribution >= 4 is 21.9 Å². The molecule has 1 aliphatic carbocycles. The summed E-state index contributed by atoms with van der Waals surface area (Å²) in [6.45, 7) is 1.46. The van der Waals surface area contributed by atoms with E-state index in [1.807, 2.05) is 12.1 Å². The Morgan fingerprint density at radius 1 is 1.33 bits per heavy atom. The van der Waals surface area contributed by atoms with E-state index in [-0.39, 0.29) is 16.9 Å². The average Bonchev–Trinajstić information content (AvgIpc) is 2.18. The fourth-order valence-corrected chi connectivity index (χ4v) is 2.61. The summed E-state index contributed by atoms with van der Waals surface area (Å²) in [5, 5.41) is 0. The predicted molar refractivity (Wildman–Crippen MR) is 62.1 cm³/mol. The second-order valence-corrected chi connectivity index (χ2v) is 5.02. The molecule has 0 fully saturated rings. The van der Waals surface area contributed by atoms with Crippen LogP contribution in [0.1, 0.15) is 18.1 Å². The van der Waals surface area contributed by atoms with Gasteiger partial charge < -0.3 is 4.74 Å². The molecule has 3 heteroatoms. The third-order valence-electron chi connectivity index (χ3n) is 2.68. The molecular weight excluding hydrogens is 256 g/mol. The van der Waals surface area contributed by atoms with Crippen LogP contribution in [0.3, 0.4) is 0 Å². The van der Waals surface area contributed by atoms with Crippen LogP contribution in [0.4, 0.5) is 0 Å². The van der Waals surface area contributed by atoms with Crippen molar-refractivity contribution in [3.05, 3.63) is 35.4 Å². The summed E-state index contributed by atoms with van der Waals surface area (Å²) < 4.78 is 5.27. The summed E-state index contributed by atoms with van der Waals surface area (Å²) in [6.07, 6.45) is 1.71. The fraction of sp³-hybridized carbons (Fsp3) is 0.417. The van der Waals surface area contributed by atoms with Gasteiger partial charge in [0.05, 0.1) is 4.83 Å². The third kappa shape index (κ3) is 2.40. The lowest BCUT2D eigenvalue weighted by Crippen LogP contribution is -2.34. The number of rotatable bonds is 1. The molecule has 0 saturated carbocycles. The summed E-state index contributed by atoms with van der Waals surface area (Å²) in [5.41, 5.74) is 2.64. The van der Waals surface area contributed by atoms with Crippen molar-refractivity contribution in [1.82, 2.24) is 0 Å². The number of benzene rings is 1. The molecule has 0 aliphatic heterocycles. The maximum Gasteiger partial charge on any atom is 0.302 e. The van der Waals surface area contributed by atoms with Crippen LogP contribution in [0.15, 0.2) is 24.3 Å². The van der Waals surface area contributed by atoms with Crippen molar-refractivity contribution in [1.29, 1.82) is 0 Å². The number of carbonyl (C=O) groups is 1. The molecule has 80 valence electrons. The molecule has 1 aromatic rings. The first-order valence-corrected chi connectivity index (χ1v) is 5.96. The maximum atomic E-state index is 10.9. The van der Waals surface area contributed by atoms with E-state index < -0.39 is 0 Å². The summed E-state index contributed by atoms with van der Waals surface area (Å²) in [7, 11) is 0. The summed E-state index contributed by atoms with van der Waals surface area (Å²) >= 11 is 3.58. The van der Waals surface area contributed by atoms with Gasteiger partial charge in [0.25, 0.3) is 0 Å².